The molecule has 1 aromatic carbocycles. The van der Waals surface area contributed by atoms with Gasteiger partial charge < -0.3 is 15.4 Å². The summed E-state index contributed by atoms with van der Waals surface area (Å²) in [5.74, 6) is -2.26. The van der Waals surface area contributed by atoms with E-state index in [-0.39, 0.29) is 12.5 Å². The molecule has 4 heterocycles. The van der Waals surface area contributed by atoms with E-state index < -0.39 is 52.7 Å². The molecular formula is C32H39N7O5S. The maximum Gasteiger partial charge on any atom is 0.325 e. The largest absolute Gasteiger partial charge is 0.455 e. The number of nitrogens with one attached hydrogen (secondary N) is 3. The van der Waals surface area contributed by atoms with Gasteiger partial charge in [-0.25, -0.2) is 10.4 Å². The Hall–Kier alpha value is -4.23. The standard InChI is InChI=1S/C32H39N7O5S/c1-19(2)27-28(40)35-26(18-38-15-6-14-33-38)29(41)39-16-5-7-24(37-39)30(42)44-20(3)23-11-10-22-9-8-21(17-25(22)34-23)12-13-32(4,45)31(43)36-27/h6,8-15,17,19-20,24,26-27,37,45H,5,7,16,18H2,1-4H3,(H,35,40)(H,36,43)/b13-12+/t20-,24?,26?,27?,32?/m1/s1. The van der Waals surface area contributed by atoms with Gasteiger partial charge in [-0.2, -0.15) is 17.7 Å². The molecule has 2 aliphatic rings. The van der Waals surface area contributed by atoms with E-state index in [2.05, 4.69) is 33.8 Å². The van der Waals surface area contributed by atoms with Crippen molar-refractivity contribution >= 4 is 53.3 Å². The fraction of sp³-hybridized carbons (Fsp3) is 0.438. The van der Waals surface area contributed by atoms with Crippen molar-refractivity contribution in [2.45, 2.75) is 76.1 Å². The molecule has 2 aromatic heterocycles. The van der Waals surface area contributed by atoms with Crippen molar-refractivity contribution < 1.29 is 23.9 Å². The fourth-order valence-electron chi connectivity index (χ4n) is 5.30. The summed E-state index contributed by atoms with van der Waals surface area (Å²) >= 11 is 4.62. The fourth-order valence-corrected chi connectivity index (χ4v) is 5.44. The number of rotatable bonds is 3. The van der Waals surface area contributed by atoms with Crippen molar-refractivity contribution in [1.29, 1.82) is 0 Å². The molecule has 13 heteroatoms. The first-order valence-electron chi connectivity index (χ1n) is 15.1. The molecule has 2 aliphatic heterocycles. The highest BCUT2D eigenvalue weighted by Gasteiger charge is 2.37. The van der Waals surface area contributed by atoms with E-state index >= 15 is 0 Å². The number of hydrogen-bond donors (Lipinski definition) is 4. The molecule has 0 saturated carbocycles. The van der Waals surface area contributed by atoms with Crippen LogP contribution in [-0.2, 0) is 30.5 Å². The number of pyridine rings is 1. The number of nitrogens with zero attached hydrogens (tertiary/aromatic N) is 4. The number of aromatic nitrogens is 3. The van der Waals surface area contributed by atoms with Crippen molar-refractivity contribution in [3.8, 4) is 0 Å². The molecule has 45 heavy (non-hydrogen) atoms. The minimum absolute atomic E-state index is 0.0420. The number of thiol groups is 1. The van der Waals surface area contributed by atoms with E-state index in [4.69, 9.17) is 9.72 Å². The van der Waals surface area contributed by atoms with E-state index in [1.54, 1.807) is 49.1 Å². The SMILES string of the molecule is CC(C)C1NC(=O)C(C)(S)/C=C/c2ccc3ccc(nc3c2)[C@@H](C)OC(=O)C2CCCN(N2)C(=O)C(Cn2cccn2)NC1=O. The summed E-state index contributed by atoms with van der Waals surface area (Å²) in [5.41, 5.74) is 5.08. The first-order valence-corrected chi connectivity index (χ1v) is 15.5. The van der Waals surface area contributed by atoms with Crippen LogP contribution in [-0.4, -0.2) is 72.9 Å². The Morgan fingerprint density at radius 1 is 1.13 bits per heavy atom. The third-order valence-electron chi connectivity index (χ3n) is 8.02. The highest BCUT2D eigenvalue weighted by Crippen LogP contribution is 2.24. The van der Waals surface area contributed by atoms with Crippen molar-refractivity contribution in [1.82, 2.24) is 35.8 Å². The zero-order valence-corrected chi connectivity index (χ0v) is 26.7. The topological polar surface area (TPSA) is 148 Å². The zero-order chi connectivity index (χ0) is 32.3. The molecule has 0 radical (unpaired) electrons. The molecule has 3 aromatic rings. The van der Waals surface area contributed by atoms with Crippen molar-refractivity contribution in [3.05, 3.63) is 66.1 Å². The van der Waals surface area contributed by atoms with Crippen LogP contribution in [0.1, 0.15) is 57.9 Å². The highest BCUT2D eigenvalue weighted by molar-refractivity contribution is 7.83. The van der Waals surface area contributed by atoms with Gasteiger partial charge in [0.15, 0.2) is 0 Å². The molecule has 1 saturated heterocycles. The summed E-state index contributed by atoms with van der Waals surface area (Å²) < 4.78 is 6.08. The number of esters is 1. The minimum atomic E-state index is -1.27. The molecule has 0 aliphatic carbocycles. The monoisotopic (exact) mass is 633 g/mol. The molecule has 4 unspecified atom stereocenters. The van der Waals surface area contributed by atoms with Gasteiger partial charge in [-0.1, -0.05) is 44.2 Å². The van der Waals surface area contributed by atoms with Gasteiger partial charge in [-0.05, 0) is 56.4 Å². The van der Waals surface area contributed by atoms with Gasteiger partial charge in [-0.15, -0.1) is 0 Å². The highest BCUT2D eigenvalue weighted by atomic mass is 32.1. The molecule has 12 nitrogen and oxygen atoms in total. The van der Waals surface area contributed by atoms with Crippen LogP contribution in [0.4, 0.5) is 0 Å². The molecule has 3 amide bonds. The number of hydrazine groups is 1. The van der Waals surface area contributed by atoms with Crippen molar-refractivity contribution in [3.63, 3.8) is 0 Å². The lowest BCUT2D eigenvalue weighted by Crippen LogP contribution is -2.62. The van der Waals surface area contributed by atoms with Gasteiger partial charge in [0.25, 0.3) is 5.91 Å². The van der Waals surface area contributed by atoms with Gasteiger partial charge in [0, 0.05) is 24.3 Å². The lowest BCUT2D eigenvalue weighted by Gasteiger charge is -2.36. The number of carbonyl (C=O) groups is 4. The van der Waals surface area contributed by atoms with Crippen LogP contribution in [0.2, 0.25) is 0 Å². The van der Waals surface area contributed by atoms with Crippen LogP contribution in [0, 0.1) is 5.92 Å². The number of cyclic esters (lactones) is 1. The van der Waals surface area contributed by atoms with Gasteiger partial charge in [0.2, 0.25) is 11.8 Å². The lowest BCUT2D eigenvalue weighted by atomic mass is 10.0. The molecule has 5 atom stereocenters. The first kappa shape index (κ1) is 32.2. The maximum absolute atomic E-state index is 13.9. The van der Waals surface area contributed by atoms with Gasteiger partial charge in [0.05, 0.1) is 17.8 Å². The Bertz CT molecular complexity index is 1610. The van der Waals surface area contributed by atoms with Gasteiger partial charge in [0.1, 0.15) is 29.0 Å². The second-order valence-electron chi connectivity index (χ2n) is 12.0. The average Bonchev–Trinajstić information content (AvgIpc) is 3.54. The molecular weight excluding hydrogens is 594 g/mol. The number of carbonyl (C=O) groups excluding carboxylic acids is 4. The number of fused-ring (bicyclic) bond motifs is 4. The predicted molar refractivity (Wildman–Crippen MR) is 171 cm³/mol. The summed E-state index contributed by atoms with van der Waals surface area (Å²) in [5, 5.41) is 12.1. The smallest absolute Gasteiger partial charge is 0.325 e. The Morgan fingerprint density at radius 3 is 2.64 bits per heavy atom. The molecule has 5 bridgehead atoms. The Morgan fingerprint density at radius 2 is 1.91 bits per heavy atom. The second kappa shape index (κ2) is 13.4. The van der Waals surface area contributed by atoms with E-state index in [1.165, 1.54) is 5.01 Å². The first-order chi connectivity index (χ1) is 21.4. The lowest BCUT2D eigenvalue weighted by molar-refractivity contribution is -0.157. The third kappa shape index (κ3) is 7.54. The van der Waals surface area contributed by atoms with Crippen LogP contribution < -0.4 is 16.1 Å². The van der Waals surface area contributed by atoms with E-state index in [9.17, 15) is 19.2 Å². The predicted octanol–water partition coefficient (Wildman–Crippen LogP) is 2.57. The molecule has 1 fully saturated rings. The summed E-state index contributed by atoms with van der Waals surface area (Å²) in [7, 11) is 0. The maximum atomic E-state index is 13.9. The van der Waals surface area contributed by atoms with Crippen LogP contribution in [0.3, 0.4) is 0 Å². The number of hydrogen-bond acceptors (Lipinski definition) is 9. The normalized spacial score (nSPS) is 27.6. The quantitative estimate of drug-likeness (QED) is 0.254. The average molecular weight is 634 g/mol. The van der Waals surface area contributed by atoms with E-state index in [0.29, 0.717) is 30.6 Å². The summed E-state index contributed by atoms with van der Waals surface area (Å²) in [6.07, 6.45) is 7.06. The van der Waals surface area contributed by atoms with Crippen LogP contribution in [0.25, 0.3) is 17.0 Å². The summed E-state index contributed by atoms with van der Waals surface area (Å²) in [6.45, 7) is 7.38. The van der Waals surface area contributed by atoms with Crippen molar-refractivity contribution in [2.75, 3.05) is 6.54 Å². The van der Waals surface area contributed by atoms with Gasteiger partial charge in [-0.3, -0.25) is 28.9 Å². The number of benzene rings is 1. The minimum Gasteiger partial charge on any atom is -0.455 e. The summed E-state index contributed by atoms with van der Waals surface area (Å²) in [4.78, 5) is 59.0. The number of ether oxygens (including phenoxy) is 1. The third-order valence-corrected chi connectivity index (χ3v) is 8.38. The molecule has 0 spiro atoms. The molecule has 5 rings (SSSR count). The Kier molecular flexibility index (Phi) is 9.59. The van der Waals surface area contributed by atoms with Crippen LogP contribution >= 0.6 is 12.6 Å². The van der Waals surface area contributed by atoms with E-state index in [1.807, 2.05) is 44.2 Å². The van der Waals surface area contributed by atoms with Crippen LogP contribution in [0.5, 0.6) is 0 Å². The number of amides is 3. The zero-order valence-electron chi connectivity index (χ0n) is 25.8. The Labute approximate surface area is 267 Å². The van der Waals surface area contributed by atoms with Gasteiger partial charge >= 0.3 is 5.97 Å². The van der Waals surface area contributed by atoms with Crippen LogP contribution in [0.15, 0.2) is 54.9 Å². The summed E-state index contributed by atoms with van der Waals surface area (Å²) in [6, 6.07) is 8.38. The van der Waals surface area contributed by atoms with Crippen molar-refractivity contribution in [2.24, 2.45) is 5.92 Å². The molecule has 238 valence electrons. The second-order valence-corrected chi connectivity index (χ2v) is 13.0. The molecule has 3 N–H and O–H groups in total. The Balaban J connectivity index is 1.51. The van der Waals surface area contributed by atoms with E-state index in [0.717, 1.165) is 10.9 Å².